The van der Waals surface area contributed by atoms with E-state index in [1.165, 1.54) is 20.5 Å². The summed E-state index contributed by atoms with van der Waals surface area (Å²) < 4.78 is 17.6. The quantitative estimate of drug-likeness (QED) is 0.339. The lowest BCUT2D eigenvalue weighted by atomic mass is 9.74. The maximum absolute atomic E-state index is 13.4. The van der Waals surface area contributed by atoms with Crippen molar-refractivity contribution in [3.63, 3.8) is 0 Å². The van der Waals surface area contributed by atoms with Crippen LogP contribution in [0.5, 0.6) is 5.75 Å². The molecule has 36 heavy (non-hydrogen) atoms. The summed E-state index contributed by atoms with van der Waals surface area (Å²) in [6.45, 7) is 3.17. The Labute approximate surface area is 209 Å². The number of fused-ring (bicyclic) bond motifs is 5. The highest BCUT2D eigenvalue weighted by Gasteiger charge is 2.44. The number of hydrogen-bond donors (Lipinski definition) is 2. The minimum absolute atomic E-state index is 0.134. The SMILES string of the molecule is CC[C@@H]1CN2CCc3c(n(C(=O)NCC(=O)O)c4cccc(OC)c34)[C@@H]2C[C@@H]1/C(=C\OC)C(=O)OC. The second kappa shape index (κ2) is 10.6. The van der Waals surface area contributed by atoms with E-state index in [9.17, 15) is 14.4 Å². The first-order valence-electron chi connectivity index (χ1n) is 12.1. The van der Waals surface area contributed by atoms with Gasteiger partial charge in [-0.05, 0) is 42.4 Å². The zero-order chi connectivity index (χ0) is 26.0. The Kier molecular flexibility index (Phi) is 7.53. The van der Waals surface area contributed by atoms with Crippen LogP contribution in [0.2, 0.25) is 0 Å². The minimum atomic E-state index is -1.12. The molecule has 1 aromatic carbocycles. The third kappa shape index (κ3) is 4.41. The summed E-state index contributed by atoms with van der Waals surface area (Å²) >= 11 is 0. The fourth-order valence-electron chi connectivity index (χ4n) is 5.88. The third-order valence-electron chi connectivity index (χ3n) is 7.42. The second-order valence-corrected chi connectivity index (χ2v) is 9.18. The topological polar surface area (TPSA) is 119 Å². The van der Waals surface area contributed by atoms with Crippen molar-refractivity contribution in [2.45, 2.75) is 32.2 Å². The highest BCUT2D eigenvalue weighted by molar-refractivity contribution is 5.99. The summed E-state index contributed by atoms with van der Waals surface area (Å²) in [5.41, 5.74) is 2.97. The van der Waals surface area contributed by atoms with E-state index in [0.29, 0.717) is 23.3 Å². The first kappa shape index (κ1) is 25.6. The molecule has 0 radical (unpaired) electrons. The molecule has 3 atom stereocenters. The van der Waals surface area contributed by atoms with E-state index in [4.69, 9.17) is 19.3 Å². The van der Waals surface area contributed by atoms with Gasteiger partial charge in [0.25, 0.3) is 0 Å². The van der Waals surface area contributed by atoms with Crippen molar-refractivity contribution in [1.82, 2.24) is 14.8 Å². The molecule has 194 valence electrons. The number of esters is 1. The van der Waals surface area contributed by atoms with E-state index < -0.39 is 24.5 Å². The van der Waals surface area contributed by atoms with Gasteiger partial charge in [-0.25, -0.2) is 9.59 Å². The van der Waals surface area contributed by atoms with Gasteiger partial charge in [0.15, 0.2) is 0 Å². The Hall–Kier alpha value is -3.53. The monoisotopic (exact) mass is 499 g/mol. The zero-order valence-corrected chi connectivity index (χ0v) is 21.1. The fourth-order valence-corrected chi connectivity index (χ4v) is 5.88. The second-order valence-electron chi connectivity index (χ2n) is 9.18. The average Bonchev–Trinajstić information content (AvgIpc) is 3.24. The lowest BCUT2D eigenvalue weighted by molar-refractivity contribution is -0.138. The number of hydrogen-bond acceptors (Lipinski definition) is 7. The number of carboxylic acids is 1. The van der Waals surface area contributed by atoms with Crippen LogP contribution < -0.4 is 10.1 Å². The number of piperidine rings is 1. The molecule has 2 aliphatic heterocycles. The van der Waals surface area contributed by atoms with Gasteiger partial charge in [-0.2, -0.15) is 0 Å². The summed E-state index contributed by atoms with van der Waals surface area (Å²) in [5, 5.41) is 12.5. The molecule has 1 amide bonds. The molecule has 4 rings (SSSR count). The summed E-state index contributed by atoms with van der Waals surface area (Å²) in [6.07, 6.45) is 3.65. The Bertz CT molecular complexity index is 1200. The fraction of sp³-hybridized carbons (Fsp3) is 0.500. The van der Waals surface area contributed by atoms with E-state index in [0.717, 1.165) is 42.6 Å². The van der Waals surface area contributed by atoms with Crippen molar-refractivity contribution in [2.24, 2.45) is 11.8 Å². The van der Waals surface area contributed by atoms with Crippen molar-refractivity contribution in [2.75, 3.05) is 41.0 Å². The lowest BCUT2D eigenvalue weighted by Crippen LogP contribution is -2.48. The maximum atomic E-state index is 13.4. The van der Waals surface area contributed by atoms with Gasteiger partial charge in [-0.3, -0.25) is 14.3 Å². The predicted octanol–water partition coefficient (Wildman–Crippen LogP) is 2.94. The first-order chi connectivity index (χ1) is 17.4. The van der Waals surface area contributed by atoms with Crippen LogP contribution in [0.25, 0.3) is 10.9 Å². The van der Waals surface area contributed by atoms with Crippen LogP contribution in [0.15, 0.2) is 30.0 Å². The number of amides is 1. The van der Waals surface area contributed by atoms with Crippen LogP contribution in [0.1, 0.15) is 37.1 Å². The van der Waals surface area contributed by atoms with Crippen LogP contribution in [0.4, 0.5) is 4.79 Å². The van der Waals surface area contributed by atoms with Gasteiger partial charge in [0.2, 0.25) is 0 Å². The van der Waals surface area contributed by atoms with Crippen molar-refractivity contribution in [1.29, 1.82) is 0 Å². The number of rotatable bonds is 7. The van der Waals surface area contributed by atoms with E-state index in [-0.39, 0.29) is 17.9 Å². The highest BCUT2D eigenvalue weighted by atomic mass is 16.5. The lowest BCUT2D eigenvalue weighted by Gasteiger charge is -2.46. The van der Waals surface area contributed by atoms with E-state index in [1.807, 2.05) is 18.2 Å². The molecule has 10 nitrogen and oxygen atoms in total. The number of carbonyl (C=O) groups excluding carboxylic acids is 2. The van der Waals surface area contributed by atoms with E-state index in [1.54, 1.807) is 11.7 Å². The molecule has 2 N–H and O–H groups in total. The number of carbonyl (C=O) groups is 3. The van der Waals surface area contributed by atoms with Crippen molar-refractivity contribution in [3.05, 3.63) is 41.3 Å². The van der Waals surface area contributed by atoms with Crippen LogP contribution in [-0.4, -0.2) is 73.5 Å². The van der Waals surface area contributed by atoms with Crippen LogP contribution in [-0.2, 0) is 25.5 Å². The normalized spacial score (nSPS) is 21.9. The molecule has 2 aromatic rings. The van der Waals surface area contributed by atoms with Gasteiger partial charge in [0.05, 0.1) is 44.7 Å². The predicted molar refractivity (Wildman–Crippen MR) is 132 cm³/mol. The number of aromatic nitrogens is 1. The van der Waals surface area contributed by atoms with Crippen molar-refractivity contribution < 1.29 is 33.7 Å². The van der Waals surface area contributed by atoms with Crippen molar-refractivity contribution >= 4 is 28.9 Å². The third-order valence-corrected chi connectivity index (χ3v) is 7.42. The van der Waals surface area contributed by atoms with Crippen LogP contribution >= 0.6 is 0 Å². The summed E-state index contributed by atoms with van der Waals surface area (Å²) in [5.74, 6) is -0.813. The number of nitrogens with zero attached hydrogens (tertiary/aromatic N) is 2. The molecule has 0 unspecified atom stereocenters. The zero-order valence-electron chi connectivity index (χ0n) is 21.1. The number of aliphatic carboxylic acids is 1. The van der Waals surface area contributed by atoms with Gasteiger partial charge >= 0.3 is 18.0 Å². The van der Waals surface area contributed by atoms with Gasteiger partial charge in [0.1, 0.15) is 12.3 Å². The van der Waals surface area contributed by atoms with Gasteiger partial charge in [-0.15, -0.1) is 0 Å². The number of ether oxygens (including phenoxy) is 3. The molecule has 1 saturated heterocycles. The smallest absolute Gasteiger partial charge is 0.337 e. The molecule has 0 saturated carbocycles. The van der Waals surface area contributed by atoms with Gasteiger partial charge < -0.3 is 24.6 Å². The number of carboxylic acid groups (broad SMARTS) is 1. The molecule has 2 aliphatic rings. The Morgan fingerprint density at radius 1 is 1.22 bits per heavy atom. The highest BCUT2D eigenvalue weighted by Crippen LogP contribution is 2.48. The van der Waals surface area contributed by atoms with Crippen molar-refractivity contribution in [3.8, 4) is 5.75 Å². The van der Waals surface area contributed by atoms with Crippen LogP contribution in [0, 0.1) is 11.8 Å². The molecule has 1 fully saturated rings. The number of methoxy groups -OCH3 is 3. The summed E-state index contributed by atoms with van der Waals surface area (Å²) in [6, 6.07) is 4.86. The number of benzene rings is 1. The first-order valence-corrected chi connectivity index (χ1v) is 12.1. The molecule has 10 heteroatoms. The Morgan fingerprint density at radius 2 is 2.00 bits per heavy atom. The molecule has 0 bridgehead atoms. The molecular formula is C26H33N3O7. The largest absolute Gasteiger partial charge is 0.504 e. The summed E-state index contributed by atoms with van der Waals surface area (Å²) in [7, 11) is 4.46. The Balaban J connectivity index is 1.87. The van der Waals surface area contributed by atoms with E-state index in [2.05, 4.69) is 17.1 Å². The molecular weight excluding hydrogens is 466 g/mol. The molecule has 0 aliphatic carbocycles. The average molecular weight is 500 g/mol. The summed E-state index contributed by atoms with van der Waals surface area (Å²) in [4.78, 5) is 39.6. The minimum Gasteiger partial charge on any atom is -0.504 e. The molecule has 0 spiro atoms. The molecule has 3 heterocycles. The number of nitrogens with one attached hydrogen (secondary N) is 1. The van der Waals surface area contributed by atoms with E-state index >= 15 is 0 Å². The maximum Gasteiger partial charge on any atom is 0.337 e. The van der Waals surface area contributed by atoms with Gasteiger partial charge in [-0.1, -0.05) is 19.4 Å². The molecule has 1 aromatic heterocycles. The van der Waals surface area contributed by atoms with Gasteiger partial charge in [0, 0.05) is 24.2 Å². The standard InChI is InChI=1S/C26H33N3O7/c1-5-15-13-28-10-9-16-23-19(7-6-8-21(23)35-3)29(26(33)27-12-22(30)31)24(16)20(28)11-17(15)18(14-34-2)25(32)36-4/h6-8,14-15,17,20H,5,9-13H2,1-4H3,(H,27,33)(H,30,31)/b18-14+/t15-,17+,20+/m1/s1. The Morgan fingerprint density at radius 3 is 2.64 bits per heavy atom. The van der Waals surface area contributed by atoms with Crippen LogP contribution in [0.3, 0.4) is 0 Å².